The van der Waals surface area contributed by atoms with Crippen molar-refractivity contribution in [3.05, 3.63) is 24.3 Å². The Hall–Kier alpha value is -0.170. The summed E-state index contributed by atoms with van der Waals surface area (Å²) in [7, 11) is 0. The maximum Gasteiger partial charge on any atom is 0.00404 e. The molecule has 0 aromatic heterocycles. The minimum Gasteiger partial charge on any atom is -0.179 e. The first-order chi connectivity index (χ1) is 6.18. The molecule has 0 rings (SSSR count). The van der Waals surface area contributed by atoms with E-state index in [1.165, 1.54) is 0 Å². The molecule has 0 saturated carbocycles. The molecule has 0 aliphatic rings. The zero-order chi connectivity index (χ0) is 10.2. The van der Waals surface area contributed by atoms with E-state index in [9.17, 15) is 0 Å². The Morgan fingerprint density at radius 3 is 1.85 bits per heavy atom. The Kier molecular flexibility index (Phi) is 7.16. The SMILES string of the molecule is CCC=CC(C)(C=CCC)CCS. The highest BCUT2D eigenvalue weighted by atomic mass is 32.1. The molecule has 0 aliphatic heterocycles. The largest absolute Gasteiger partial charge is 0.179 e. The van der Waals surface area contributed by atoms with Crippen LogP contribution in [0.1, 0.15) is 40.0 Å². The third kappa shape index (κ3) is 5.98. The van der Waals surface area contributed by atoms with E-state index in [1.54, 1.807) is 0 Å². The van der Waals surface area contributed by atoms with Gasteiger partial charge >= 0.3 is 0 Å². The van der Waals surface area contributed by atoms with Crippen molar-refractivity contribution in [3.8, 4) is 0 Å². The zero-order valence-electron chi connectivity index (χ0n) is 9.09. The predicted molar refractivity (Wildman–Crippen MR) is 65.4 cm³/mol. The number of allylic oxidation sites excluding steroid dienone is 4. The molecule has 0 N–H and O–H groups in total. The van der Waals surface area contributed by atoms with E-state index in [1.807, 2.05) is 0 Å². The first-order valence-electron chi connectivity index (χ1n) is 5.14. The molecule has 0 aromatic rings. The van der Waals surface area contributed by atoms with Gasteiger partial charge in [0.1, 0.15) is 0 Å². The smallest absolute Gasteiger partial charge is 0.00404 e. The van der Waals surface area contributed by atoms with Gasteiger partial charge in [0.15, 0.2) is 0 Å². The van der Waals surface area contributed by atoms with Gasteiger partial charge in [0.2, 0.25) is 0 Å². The Balaban J connectivity index is 4.32. The van der Waals surface area contributed by atoms with Crippen LogP contribution in [-0.2, 0) is 0 Å². The Morgan fingerprint density at radius 1 is 1.08 bits per heavy atom. The molecule has 0 amide bonds. The van der Waals surface area contributed by atoms with Crippen molar-refractivity contribution in [1.82, 2.24) is 0 Å². The van der Waals surface area contributed by atoms with Crippen molar-refractivity contribution in [2.45, 2.75) is 40.0 Å². The summed E-state index contributed by atoms with van der Waals surface area (Å²) in [6.45, 7) is 6.60. The molecule has 0 nitrogen and oxygen atoms in total. The third-order valence-electron chi connectivity index (χ3n) is 2.12. The molecule has 13 heavy (non-hydrogen) atoms. The molecule has 0 saturated heterocycles. The van der Waals surface area contributed by atoms with Gasteiger partial charge in [0, 0.05) is 5.41 Å². The van der Waals surface area contributed by atoms with Gasteiger partial charge in [-0.1, -0.05) is 45.1 Å². The lowest BCUT2D eigenvalue weighted by Gasteiger charge is -2.20. The second kappa shape index (κ2) is 7.25. The molecular formula is C12H22S. The maximum absolute atomic E-state index is 4.29. The highest BCUT2D eigenvalue weighted by molar-refractivity contribution is 7.80. The van der Waals surface area contributed by atoms with Crippen LogP contribution in [0.2, 0.25) is 0 Å². The Morgan fingerprint density at radius 2 is 1.54 bits per heavy atom. The van der Waals surface area contributed by atoms with Gasteiger partial charge in [-0.3, -0.25) is 0 Å². The van der Waals surface area contributed by atoms with Gasteiger partial charge in [0.05, 0.1) is 0 Å². The first kappa shape index (κ1) is 12.8. The lowest BCUT2D eigenvalue weighted by Crippen LogP contribution is -2.10. The van der Waals surface area contributed by atoms with E-state index < -0.39 is 0 Å². The lowest BCUT2D eigenvalue weighted by atomic mass is 9.86. The predicted octanol–water partition coefficient (Wildman–Crippen LogP) is 4.25. The van der Waals surface area contributed by atoms with E-state index in [0.29, 0.717) is 0 Å². The quantitative estimate of drug-likeness (QED) is 0.479. The molecular weight excluding hydrogens is 176 g/mol. The van der Waals surface area contributed by atoms with Gasteiger partial charge in [-0.2, -0.15) is 12.6 Å². The highest BCUT2D eigenvalue weighted by Crippen LogP contribution is 2.26. The number of hydrogen-bond acceptors (Lipinski definition) is 1. The van der Waals surface area contributed by atoms with Crippen molar-refractivity contribution in [2.24, 2.45) is 5.41 Å². The third-order valence-corrected chi connectivity index (χ3v) is 2.34. The summed E-state index contributed by atoms with van der Waals surface area (Å²) < 4.78 is 0. The van der Waals surface area contributed by atoms with E-state index >= 15 is 0 Å². The normalized spacial score (nSPS) is 16.9. The first-order valence-corrected chi connectivity index (χ1v) is 5.78. The monoisotopic (exact) mass is 198 g/mol. The molecule has 0 heterocycles. The van der Waals surface area contributed by atoms with Gasteiger partial charge in [-0.05, 0) is 25.0 Å². The number of hydrogen-bond donors (Lipinski definition) is 1. The van der Waals surface area contributed by atoms with E-state index in [0.717, 1.165) is 25.0 Å². The summed E-state index contributed by atoms with van der Waals surface area (Å²) in [5, 5.41) is 0. The summed E-state index contributed by atoms with van der Waals surface area (Å²) in [5.74, 6) is 0.943. The topological polar surface area (TPSA) is 0 Å². The van der Waals surface area contributed by atoms with Gasteiger partial charge in [-0.25, -0.2) is 0 Å². The molecule has 0 unspecified atom stereocenters. The molecule has 0 aliphatic carbocycles. The summed E-state index contributed by atoms with van der Waals surface area (Å²) in [6.07, 6.45) is 12.4. The van der Waals surface area contributed by atoms with Crippen LogP contribution in [0.4, 0.5) is 0 Å². The van der Waals surface area contributed by atoms with Crippen LogP contribution in [0.25, 0.3) is 0 Å². The molecule has 0 spiro atoms. The second-order valence-electron chi connectivity index (χ2n) is 3.60. The molecule has 0 atom stereocenters. The van der Waals surface area contributed by atoms with E-state index in [4.69, 9.17) is 0 Å². The fourth-order valence-electron chi connectivity index (χ4n) is 1.24. The average molecular weight is 198 g/mol. The van der Waals surface area contributed by atoms with Crippen LogP contribution in [0.3, 0.4) is 0 Å². The Bertz CT molecular complexity index is 154. The summed E-state index contributed by atoms with van der Waals surface area (Å²) in [6, 6.07) is 0. The highest BCUT2D eigenvalue weighted by Gasteiger charge is 2.14. The van der Waals surface area contributed by atoms with Crippen LogP contribution in [0, 0.1) is 5.41 Å². The minimum atomic E-state index is 0.216. The van der Waals surface area contributed by atoms with Crippen LogP contribution in [0.5, 0.6) is 0 Å². The summed E-state index contributed by atoms with van der Waals surface area (Å²) in [4.78, 5) is 0. The number of rotatable bonds is 6. The van der Waals surface area contributed by atoms with Crippen molar-refractivity contribution in [2.75, 3.05) is 5.75 Å². The van der Waals surface area contributed by atoms with E-state index in [-0.39, 0.29) is 5.41 Å². The van der Waals surface area contributed by atoms with Gasteiger partial charge in [-0.15, -0.1) is 0 Å². The molecule has 0 bridgehead atoms. The lowest BCUT2D eigenvalue weighted by molar-refractivity contribution is 0.533. The zero-order valence-corrected chi connectivity index (χ0v) is 9.98. The van der Waals surface area contributed by atoms with Crippen LogP contribution in [-0.4, -0.2) is 5.75 Å². The van der Waals surface area contributed by atoms with Crippen molar-refractivity contribution >= 4 is 12.6 Å². The van der Waals surface area contributed by atoms with Crippen molar-refractivity contribution in [3.63, 3.8) is 0 Å². The van der Waals surface area contributed by atoms with Crippen LogP contribution >= 0.6 is 12.6 Å². The molecule has 0 aromatic carbocycles. The number of thiol groups is 1. The van der Waals surface area contributed by atoms with Crippen LogP contribution in [0.15, 0.2) is 24.3 Å². The fourth-order valence-corrected chi connectivity index (χ4v) is 1.72. The Labute approximate surface area is 88.5 Å². The average Bonchev–Trinajstić information content (AvgIpc) is 2.12. The molecule has 1 heteroatoms. The summed E-state index contributed by atoms with van der Waals surface area (Å²) in [5.41, 5.74) is 0.216. The van der Waals surface area contributed by atoms with E-state index in [2.05, 4.69) is 57.7 Å². The standard InChI is InChI=1S/C12H22S/c1-4-6-8-12(3,10-11-13)9-7-5-2/h6-9,13H,4-5,10-11H2,1-3H3. The second-order valence-corrected chi connectivity index (χ2v) is 4.05. The van der Waals surface area contributed by atoms with Crippen molar-refractivity contribution < 1.29 is 0 Å². The van der Waals surface area contributed by atoms with Crippen LogP contribution < -0.4 is 0 Å². The summed E-state index contributed by atoms with van der Waals surface area (Å²) >= 11 is 4.29. The molecule has 0 radical (unpaired) electrons. The fraction of sp³-hybridized carbons (Fsp3) is 0.667. The molecule has 76 valence electrons. The van der Waals surface area contributed by atoms with Crippen molar-refractivity contribution in [1.29, 1.82) is 0 Å². The minimum absolute atomic E-state index is 0.216. The molecule has 0 fully saturated rings. The van der Waals surface area contributed by atoms with Gasteiger partial charge < -0.3 is 0 Å². The van der Waals surface area contributed by atoms with Gasteiger partial charge in [0.25, 0.3) is 0 Å². The maximum atomic E-state index is 4.29.